The molecule has 1 aliphatic rings. The van der Waals surface area contributed by atoms with Gasteiger partial charge in [0.1, 0.15) is 5.82 Å². The molecule has 118 valence electrons. The van der Waals surface area contributed by atoms with E-state index in [1.165, 1.54) is 11.5 Å². The average Bonchev–Trinajstić information content (AvgIpc) is 3.10. The number of hydrogen-bond acceptors (Lipinski definition) is 5. The fraction of sp³-hybridized carbons (Fsp3) is 0.533. The fourth-order valence-corrected chi connectivity index (χ4v) is 3.44. The highest BCUT2D eigenvalue weighted by atomic mass is 32.1. The van der Waals surface area contributed by atoms with Crippen molar-refractivity contribution in [2.75, 3.05) is 31.1 Å². The van der Waals surface area contributed by atoms with E-state index in [1.54, 1.807) is 0 Å². The number of carbonyl (C=O) groups excluding carboxylic acids is 1. The highest BCUT2D eigenvalue weighted by Gasteiger charge is 2.22. The van der Waals surface area contributed by atoms with Crippen LogP contribution in [0, 0.1) is 0 Å². The van der Waals surface area contributed by atoms with Gasteiger partial charge in [0.25, 0.3) is 5.91 Å². The first kappa shape index (κ1) is 15.0. The Hall–Kier alpha value is -1.89. The van der Waals surface area contributed by atoms with Crippen molar-refractivity contribution in [3.05, 3.63) is 29.8 Å². The maximum absolute atomic E-state index is 12.5. The smallest absolute Gasteiger partial charge is 0.255 e. The van der Waals surface area contributed by atoms with Crippen molar-refractivity contribution in [1.29, 1.82) is 0 Å². The molecule has 0 spiro atoms. The third-order valence-corrected chi connectivity index (χ3v) is 4.72. The van der Waals surface area contributed by atoms with Gasteiger partial charge in [0.05, 0.1) is 5.56 Å². The summed E-state index contributed by atoms with van der Waals surface area (Å²) in [5, 5.41) is 0.978. The summed E-state index contributed by atoms with van der Waals surface area (Å²) in [5.41, 5.74) is 0.764. The maximum atomic E-state index is 12.5. The molecule has 1 saturated heterocycles. The molecule has 1 amide bonds. The summed E-state index contributed by atoms with van der Waals surface area (Å²) in [6.45, 7) is 5.33. The van der Waals surface area contributed by atoms with E-state index in [0.717, 1.165) is 55.5 Å². The van der Waals surface area contributed by atoms with Gasteiger partial charge < -0.3 is 14.4 Å². The zero-order valence-corrected chi connectivity index (χ0v) is 13.8. The summed E-state index contributed by atoms with van der Waals surface area (Å²) < 4.78 is 6.26. The van der Waals surface area contributed by atoms with E-state index in [-0.39, 0.29) is 5.91 Å². The van der Waals surface area contributed by atoms with Crippen molar-refractivity contribution < 1.29 is 4.79 Å². The third kappa shape index (κ3) is 3.14. The molecule has 0 radical (unpaired) electrons. The number of anilines is 1. The van der Waals surface area contributed by atoms with Gasteiger partial charge in [0, 0.05) is 63.6 Å². The first-order valence-corrected chi connectivity index (χ1v) is 8.43. The molecule has 0 saturated carbocycles. The van der Waals surface area contributed by atoms with E-state index in [2.05, 4.69) is 21.2 Å². The molecule has 3 rings (SSSR count). The monoisotopic (exact) mass is 319 g/mol. The van der Waals surface area contributed by atoms with Crippen LogP contribution in [-0.4, -0.2) is 50.9 Å². The Morgan fingerprint density at radius 1 is 1.32 bits per heavy atom. The highest BCUT2D eigenvalue weighted by molar-refractivity contribution is 7.09. The van der Waals surface area contributed by atoms with Crippen LogP contribution in [0.5, 0.6) is 0 Å². The standard InChI is InChI=1S/C15H21N5OS/c1-3-13-16-15(22-17-13)20-7-4-6-19(9-10-20)14(21)12-5-8-18(2)11-12/h5,8,11H,3-4,6-7,9-10H2,1-2H3. The second-order valence-electron chi connectivity index (χ2n) is 5.55. The molecule has 0 aromatic carbocycles. The summed E-state index contributed by atoms with van der Waals surface area (Å²) in [5.74, 6) is 1.02. The van der Waals surface area contributed by atoms with E-state index in [9.17, 15) is 4.79 Å². The summed E-state index contributed by atoms with van der Waals surface area (Å²) in [6.07, 6.45) is 5.61. The van der Waals surface area contributed by atoms with Crippen LogP contribution in [0.15, 0.2) is 18.5 Å². The Morgan fingerprint density at radius 2 is 2.18 bits per heavy atom. The molecule has 0 aliphatic carbocycles. The predicted octanol–water partition coefficient (Wildman–Crippen LogP) is 1.79. The first-order chi connectivity index (χ1) is 10.7. The van der Waals surface area contributed by atoms with Gasteiger partial charge in [-0.15, -0.1) is 0 Å². The van der Waals surface area contributed by atoms with Crippen LogP contribution >= 0.6 is 11.5 Å². The minimum absolute atomic E-state index is 0.119. The quantitative estimate of drug-likeness (QED) is 0.865. The van der Waals surface area contributed by atoms with Crippen molar-refractivity contribution in [1.82, 2.24) is 18.8 Å². The summed E-state index contributed by atoms with van der Waals surface area (Å²) in [6, 6.07) is 1.88. The highest BCUT2D eigenvalue weighted by Crippen LogP contribution is 2.20. The van der Waals surface area contributed by atoms with Crippen LogP contribution in [0.4, 0.5) is 5.13 Å². The Bertz CT molecular complexity index is 650. The van der Waals surface area contributed by atoms with Gasteiger partial charge in [-0.05, 0) is 12.5 Å². The average molecular weight is 319 g/mol. The molecule has 6 nitrogen and oxygen atoms in total. The molecule has 0 unspecified atom stereocenters. The van der Waals surface area contributed by atoms with Crippen molar-refractivity contribution in [3.8, 4) is 0 Å². The van der Waals surface area contributed by atoms with E-state index in [0.29, 0.717) is 0 Å². The zero-order chi connectivity index (χ0) is 15.5. The normalized spacial score (nSPS) is 15.9. The van der Waals surface area contributed by atoms with E-state index < -0.39 is 0 Å². The lowest BCUT2D eigenvalue weighted by Gasteiger charge is -2.21. The lowest BCUT2D eigenvalue weighted by Crippen LogP contribution is -2.35. The molecule has 2 aromatic rings. The van der Waals surface area contributed by atoms with E-state index >= 15 is 0 Å². The molecule has 0 N–H and O–H groups in total. The Labute approximate surface area is 134 Å². The molecule has 22 heavy (non-hydrogen) atoms. The lowest BCUT2D eigenvalue weighted by molar-refractivity contribution is 0.0767. The molecule has 1 aliphatic heterocycles. The molecule has 1 fully saturated rings. The van der Waals surface area contributed by atoms with Crippen LogP contribution in [0.25, 0.3) is 0 Å². The third-order valence-electron chi connectivity index (χ3n) is 3.91. The molecule has 0 atom stereocenters. The fourth-order valence-electron chi connectivity index (χ4n) is 2.64. The number of carbonyl (C=O) groups is 1. The Kier molecular flexibility index (Phi) is 4.42. The molecule has 0 bridgehead atoms. The minimum atomic E-state index is 0.119. The van der Waals surface area contributed by atoms with Gasteiger partial charge >= 0.3 is 0 Å². The minimum Gasteiger partial charge on any atom is -0.356 e. The summed E-state index contributed by atoms with van der Waals surface area (Å²) in [7, 11) is 1.93. The second kappa shape index (κ2) is 6.48. The van der Waals surface area contributed by atoms with Crippen LogP contribution in [0.3, 0.4) is 0 Å². The number of nitrogens with zero attached hydrogens (tertiary/aromatic N) is 5. The number of amides is 1. The maximum Gasteiger partial charge on any atom is 0.255 e. The largest absolute Gasteiger partial charge is 0.356 e. The van der Waals surface area contributed by atoms with Gasteiger partial charge in [-0.1, -0.05) is 6.92 Å². The predicted molar refractivity (Wildman–Crippen MR) is 87.4 cm³/mol. The summed E-state index contributed by atoms with van der Waals surface area (Å²) >= 11 is 1.46. The van der Waals surface area contributed by atoms with Crippen molar-refractivity contribution in [3.63, 3.8) is 0 Å². The van der Waals surface area contributed by atoms with E-state index in [4.69, 9.17) is 0 Å². The van der Waals surface area contributed by atoms with Crippen LogP contribution in [-0.2, 0) is 13.5 Å². The molecule has 2 aromatic heterocycles. The second-order valence-corrected chi connectivity index (χ2v) is 6.28. The van der Waals surface area contributed by atoms with Crippen LogP contribution in [0.1, 0.15) is 29.5 Å². The van der Waals surface area contributed by atoms with Gasteiger partial charge in [-0.3, -0.25) is 4.79 Å². The van der Waals surface area contributed by atoms with Crippen molar-refractivity contribution in [2.45, 2.75) is 19.8 Å². The van der Waals surface area contributed by atoms with Gasteiger partial charge in [0.15, 0.2) is 0 Å². The number of rotatable bonds is 3. The van der Waals surface area contributed by atoms with Crippen LogP contribution < -0.4 is 4.90 Å². The molecule has 7 heteroatoms. The molecule has 3 heterocycles. The number of aromatic nitrogens is 3. The van der Waals surface area contributed by atoms with Crippen molar-refractivity contribution in [2.24, 2.45) is 7.05 Å². The molecular weight excluding hydrogens is 298 g/mol. The lowest BCUT2D eigenvalue weighted by atomic mass is 10.3. The molecular formula is C15H21N5OS. The van der Waals surface area contributed by atoms with Gasteiger partial charge in [-0.25, -0.2) is 4.98 Å². The first-order valence-electron chi connectivity index (χ1n) is 7.66. The number of hydrogen-bond donors (Lipinski definition) is 0. The van der Waals surface area contributed by atoms with E-state index in [1.807, 2.05) is 35.0 Å². The number of aryl methyl sites for hydroxylation is 2. The topological polar surface area (TPSA) is 54.3 Å². The van der Waals surface area contributed by atoms with Crippen molar-refractivity contribution >= 4 is 22.6 Å². The Morgan fingerprint density at radius 3 is 2.86 bits per heavy atom. The van der Waals surface area contributed by atoms with Gasteiger partial charge in [0.2, 0.25) is 5.13 Å². The summed E-state index contributed by atoms with van der Waals surface area (Å²) in [4.78, 5) is 21.3. The SMILES string of the molecule is CCc1nsc(N2CCCN(C(=O)c3ccn(C)c3)CC2)n1. The van der Waals surface area contributed by atoms with Crippen LogP contribution in [0.2, 0.25) is 0 Å². The Balaban J connectivity index is 1.65. The zero-order valence-electron chi connectivity index (χ0n) is 13.0. The van der Waals surface area contributed by atoms with Gasteiger partial charge in [-0.2, -0.15) is 4.37 Å².